The van der Waals surface area contributed by atoms with Gasteiger partial charge in [0, 0.05) is 37.8 Å². The van der Waals surface area contributed by atoms with Crippen molar-refractivity contribution in [2.45, 2.75) is 18.7 Å². The molecule has 0 atom stereocenters. The summed E-state index contributed by atoms with van der Waals surface area (Å²) in [6, 6.07) is 10.5. The highest BCUT2D eigenvalue weighted by atomic mass is 32.2. The molecule has 1 aliphatic heterocycles. The van der Waals surface area contributed by atoms with Crippen molar-refractivity contribution < 1.29 is 22.9 Å². The number of ether oxygens (including phenoxy) is 1. The molecule has 11 nitrogen and oxygen atoms in total. The second-order valence-electron chi connectivity index (χ2n) is 7.03. The number of nitro benzene ring substituents is 1. The van der Waals surface area contributed by atoms with E-state index in [4.69, 9.17) is 4.74 Å². The van der Waals surface area contributed by atoms with Gasteiger partial charge in [-0.3, -0.25) is 20.3 Å². The van der Waals surface area contributed by atoms with Crippen molar-refractivity contribution in [1.29, 1.82) is 0 Å². The highest BCUT2D eigenvalue weighted by molar-refractivity contribution is 7.89. The number of non-ortho nitro benzene ring substituents is 1. The Balaban J connectivity index is 1.94. The first-order valence-electron chi connectivity index (χ1n) is 9.73. The van der Waals surface area contributed by atoms with Gasteiger partial charge in [-0.15, -0.1) is 0 Å². The molecule has 0 radical (unpaired) electrons. The molecule has 1 heterocycles. The number of hydrogen-bond donors (Lipinski definition) is 2. The fraction of sp³-hybridized carbons (Fsp3) is 0.300. The molecule has 32 heavy (non-hydrogen) atoms. The van der Waals surface area contributed by atoms with Crippen molar-refractivity contribution in [3.8, 4) is 0 Å². The Bertz CT molecular complexity index is 1160. The molecule has 0 aromatic heterocycles. The van der Waals surface area contributed by atoms with Crippen molar-refractivity contribution in [2.24, 2.45) is 5.10 Å². The molecule has 0 saturated carbocycles. The van der Waals surface area contributed by atoms with Crippen LogP contribution in [0.3, 0.4) is 0 Å². The number of nitrogens with zero attached hydrogens (tertiary/aromatic N) is 3. The Morgan fingerprint density at radius 2 is 1.88 bits per heavy atom. The standard InChI is InChI=1S/C20H23N5O6S/c1-14(16-4-3-5-17(12-16)21-15(2)26)22-23-19-7-6-18(25(27)28)13-20(19)32(29,30)24-8-10-31-11-9-24/h3-7,12-13,23H,8-11H2,1-2H3,(H,21,26)/b22-14+. The quantitative estimate of drug-likeness (QED) is 0.366. The van der Waals surface area contributed by atoms with E-state index in [-0.39, 0.29) is 48.5 Å². The highest BCUT2D eigenvalue weighted by Gasteiger charge is 2.30. The Kier molecular flexibility index (Phi) is 7.18. The summed E-state index contributed by atoms with van der Waals surface area (Å²) in [6.45, 7) is 3.92. The van der Waals surface area contributed by atoms with Gasteiger partial charge >= 0.3 is 0 Å². The van der Waals surface area contributed by atoms with Crippen LogP contribution < -0.4 is 10.7 Å². The zero-order chi connectivity index (χ0) is 23.3. The lowest BCUT2D eigenvalue weighted by Crippen LogP contribution is -2.40. The second-order valence-corrected chi connectivity index (χ2v) is 8.93. The van der Waals surface area contributed by atoms with Gasteiger partial charge < -0.3 is 10.1 Å². The Morgan fingerprint density at radius 3 is 2.53 bits per heavy atom. The number of carbonyl (C=O) groups is 1. The molecule has 2 aromatic rings. The number of anilines is 2. The number of nitrogens with one attached hydrogen (secondary N) is 2. The summed E-state index contributed by atoms with van der Waals surface area (Å²) in [5.74, 6) is -0.210. The molecule has 0 spiro atoms. The van der Waals surface area contributed by atoms with E-state index >= 15 is 0 Å². The first-order valence-corrected chi connectivity index (χ1v) is 11.2. The minimum atomic E-state index is -4.01. The van der Waals surface area contributed by atoms with E-state index < -0.39 is 14.9 Å². The van der Waals surface area contributed by atoms with Gasteiger partial charge in [0.2, 0.25) is 15.9 Å². The minimum absolute atomic E-state index is 0.111. The zero-order valence-corrected chi connectivity index (χ0v) is 18.4. The molecule has 1 amide bonds. The number of nitro groups is 1. The molecule has 0 aliphatic carbocycles. The van der Waals surface area contributed by atoms with Crippen LogP contribution in [0.4, 0.5) is 17.1 Å². The molecule has 12 heteroatoms. The fourth-order valence-corrected chi connectivity index (χ4v) is 4.66. The van der Waals surface area contributed by atoms with E-state index in [9.17, 15) is 23.3 Å². The summed E-state index contributed by atoms with van der Waals surface area (Å²) in [4.78, 5) is 21.6. The molecular formula is C20H23N5O6S. The maximum absolute atomic E-state index is 13.2. The first-order chi connectivity index (χ1) is 15.2. The third-order valence-corrected chi connectivity index (χ3v) is 6.65. The zero-order valence-electron chi connectivity index (χ0n) is 17.6. The third-order valence-electron chi connectivity index (χ3n) is 4.71. The van der Waals surface area contributed by atoms with Gasteiger partial charge in [0.1, 0.15) is 4.90 Å². The van der Waals surface area contributed by atoms with Crippen molar-refractivity contribution in [3.05, 3.63) is 58.1 Å². The van der Waals surface area contributed by atoms with Gasteiger partial charge in [-0.2, -0.15) is 9.41 Å². The van der Waals surface area contributed by atoms with Gasteiger partial charge in [-0.05, 0) is 30.7 Å². The van der Waals surface area contributed by atoms with Crippen molar-refractivity contribution in [1.82, 2.24) is 4.31 Å². The average molecular weight is 462 g/mol. The van der Waals surface area contributed by atoms with Crippen LogP contribution in [0.5, 0.6) is 0 Å². The first kappa shape index (κ1) is 23.3. The third kappa shape index (κ3) is 5.46. The van der Waals surface area contributed by atoms with Crippen molar-refractivity contribution >= 4 is 38.7 Å². The van der Waals surface area contributed by atoms with Gasteiger partial charge in [-0.1, -0.05) is 12.1 Å². The average Bonchev–Trinajstić information content (AvgIpc) is 2.77. The van der Waals surface area contributed by atoms with Crippen LogP contribution in [0, 0.1) is 10.1 Å². The Morgan fingerprint density at radius 1 is 1.16 bits per heavy atom. The van der Waals surface area contributed by atoms with E-state index in [1.807, 2.05) is 0 Å². The number of benzene rings is 2. The predicted octanol–water partition coefficient (Wildman–Crippen LogP) is 2.41. The van der Waals surface area contributed by atoms with Gasteiger partial charge in [0.05, 0.1) is 29.5 Å². The number of carbonyl (C=O) groups excluding carboxylic acids is 1. The van der Waals surface area contributed by atoms with Crippen LogP contribution >= 0.6 is 0 Å². The maximum atomic E-state index is 13.2. The number of hydrogen-bond acceptors (Lipinski definition) is 8. The van der Waals surface area contributed by atoms with Gasteiger partial charge in [0.15, 0.2) is 0 Å². The van der Waals surface area contributed by atoms with Crippen molar-refractivity contribution in [2.75, 3.05) is 37.0 Å². The van der Waals surface area contributed by atoms with Crippen LogP contribution in [-0.4, -0.2) is 55.6 Å². The summed E-state index contributed by atoms with van der Waals surface area (Å²) >= 11 is 0. The Hall–Kier alpha value is -3.35. The van der Waals surface area contributed by atoms with E-state index in [2.05, 4.69) is 15.8 Å². The molecule has 2 N–H and O–H groups in total. The number of hydrazone groups is 1. The van der Waals surface area contributed by atoms with Crippen LogP contribution in [-0.2, 0) is 19.6 Å². The summed E-state index contributed by atoms with van der Waals surface area (Å²) < 4.78 is 32.8. The largest absolute Gasteiger partial charge is 0.379 e. The molecule has 3 rings (SSSR count). The smallest absolute Gasteiger partial charge is 0.270 e. The lowest BCUT2D eigenvalue weighted by molar-refractivity contribution is -0.385. The second kappa shape index (κ2) is 9.85. The maximum Gasteiger partial charge on any atom is 0.270 e. The van der Waals surface area contributed by atoms with E-state index in [0.29, 0.717) is 17.0 Å². The monoisotopic (exact) mass is 461 g/mol. The number of sulfonamides is 1. The van der Waals surface area contributed by atoms with Gasteiger partial charge in [0.25, 0.3) is 5.69 Å². The van der Waals surface area contributed by atoms with Crippen molar-refractivity contribution in [3.63, 3.8) is 0 Å². The SMILES string of the molecule is CC(=O)Nc1cccc(/C(C)=N/Nc2ccc([N+](=O)[O-])cc2S(=O)(=O)N2CCOCC2)c1. The lowest BCUT2D eigenvalue weighted by atomic mass is 10.1. The Labute approximate surface area is 185 Å². The van der Waals surface area contributed by atoms with E-state index in [0.717, 1.165) is 6.07 Å². The molecule has 2 aromatic carbocycles. The molecule has 0 unspecified atom stereocenters. The van der Waals surface area contributed by atoms with Crippen LogP contribution in [0.15, 0.2) is 52.5 Å². The summed E-state index contributed by atoms with van der Waals surface area (Å²) in [6.07, 6.45) is 0. The number of morpholine rings is 1. The predicted molar refractivity (Wildman–Crippen MR) is 119 cm³/mol. The molecule has 0 bridgehead atoms. The molecule has 170 valence electrons. The van der Waals surface area contributed by atoms with E-state index in [1.165, 1.54) is 23.4 Å². The summed E-state index contributed by atoms with van der Waals surface area (Å²) in [5.41, 5.74) is 4.30. The topological polar surface area (TPSA) is 143 Å². The molecular weight excluding hydrogens is 438 g/mol. The summed E-state index contributed by atoms with van der Waals surface area (Å²) in [5, 5.41) is 18.2. The highest BCUT2D eigenvalue weighted by Crippen LogP contribution is 2.29. The van der Waals surface area contributed by atoms with Crippen LogP contribution in [0.25, 0.3) is 0 Å². The van der Waals surface area contributed by atoms with Gasteiger partial charge in [-0.25, -0.2) is 8.42 Å². The van der Waals surface area contributed by atoms with E-state index in [1.54, 1.807) is 31.2 Å². The molecule has 1 fully saturated rings. The minimum Gasteiger partial charge on any atom is -0.379 e. The summed E-state index contributed by atoms with van der Waals surface area (Å²) in [7, 11) is -4.01. The van der Waals surface area contributed by atoms with Crippen LogP contribution in [0.1, 0.15) is 19.4 Å². The molecule has 1 aliphatic rings. The van der Waals surface area contributed by atoms with Crippen LogP contribution in [0.2, 0.25) is 0 Å². The molecule has 1 saturated heterocycles. The normalized spacial score (nSPS) is 15.2. The number of rotatable bonds is 7. The lowest BCUT2D eigenvalue weighted by Gasteiger charge is -2.26. The number of amides is 1. The fourth-order valence-electron chi connectivity index (χ4n) is 3.09.